The van der Waals surface area contributed by atoms with Crippen LogP contribution in [0.4, 0.5) is 10.2 Å². The van der Waals surface area contributed by atoms with Crippen LogP contribution in [-0.4, -0.2) is 54.1 Å². The number of anilines is 1. The minimum atomic E-state index is -0.525. The molecule has 5 rings (SSSR count). The fraction of sp³-hybridized carbons (Fsp3) is 0.385. The van der Waals surface area contributed by atoms with E-state index < -0.39 is 5.66 Å². The lowest BCUT2D eigenvalue weighted by molar-refractivity contribution is 0.398. The number of nitrogens with one attached hydrogen (secondary N) is 4. The van der Waals surface area contributed by atoms with Crippen LogP contribution in [0.15, 0.2) is 60.8 Å². The maximum atomic E-state index is 13.7. The Labute approximate surface area is 200 Å². The molecule has 4 N–H and O–H groups in total. The SMILES string of the molecule is CC1(/C=C\C(=N)N2CCC[C@@H]2c2cccc(F)c2)NC=C(c2cccc(N3CCNCC3)n2)N1. The van der Waals surface area contributed by atoms with Crippen molar-refractivity contribution in [2.24, 2.45) is 0 Å². The van der Waals surface area contributed by atoms with Crippen molar-refractivity contribution in [3.8, 4) is 0 Å². The number of aromatic nitrogens is 1. The minimum Gasteiger partial charge on any atom is -0.364 e. The van der Waals surface area contributed by atoms with E-state index in [1.807, 2.05) is 43.5 Å². The highest BCUT2D eigenvalue weighted by atomic mass is 19.1. The van der Waals surface area contributed by atoms with Crippen LogP contribution in [0, 0.1) is 11.2 Å². The molecule has 0 aliphatic carbocycles. The van der Waals surface area contributed by atoms with Crippen molar-refractivity contribution >= 4 is 17.4 Å². The molecule has 4 heterocycles. The van der Waals surface area contributed by atoms with Crippen molar-refractivity contribution in [1.82, 2.24) is 25.8 Å². The predicted octanol–water partition coefficient (Wildman–Crippen LogP) is 3.21. The van der Waals surface area contributed by atoms with Gasteiger partial charge in [0.1, 0.15) is 23.1 Å². The molecule has 2 fully saturated rings. The van der Waals surface area contributed by atoms with Gasteiger partial charge >= 0.3 is 0 Å². The molecule has 0 spiro atoms. The molecule has 0 amide bonds. The van der Waals surface area contributed by atoms with E-state index in [0.29, 0.717) is 5.84 Å². The van der Waals surface area contributed by atoms with Crippen LogP contribution in [0.25, 0.3) is 5.70 Å². The van der Waals surface area contributed by atoms with Crippen molar-refractivity contribution in [2.75, 3.05) is 37.6 Å². The van der Waals surface area contributed by atoms with Gasteiger partial charge in [0.25, 0.3) is 0 Å². The van der Waals surface area contributed by atoms with Gasteiger partial charge in [0.05, 0.1) is 17.4 Å². The van der Waals surface area contributed by atoms with Gasteiger partial charge in [-0.3, -0.25) is 5.41 Å². The molecule has 0 radical (unpaired) electrons. The first-order chi connectivity index (χ1) is 16.5. The van der Waals surface area contributed by atoms with Gasteiger partial charge in [-0.2, -0.15) is 0 Å². The maximum absolute atomic E-state index is 13.7. The molecular weight excluding hydrogens is 429 g/mol. The second-order valence-corrected chi connectivity index (χ2v) is 9.27. The third-order valence-electron chi connectivity index (χ3n) is 6.73. The third-order valence-corrected chi connectivity index (χ3v) is 6.73. The van der Waals surface area contributed by atoms with Crippen LogP contribution in [-0.2, 0) is 0 Å². The second kappa shape index (κ2) is 9.46. The lowest BCUT2D eigenvalue weighted by atomic mass is 10.0. The molecule has 2 saturated heterocycles. The highest BCUT2D eigenvalue weighted by Gasteiger charge is 2.30. The molecule has 2 aromatic rings. The van der Waals surface area contributed by atoms with E-state index in [1.54, 1.807) is 12.1 Å². The van der Waals surface area contributed by atoms with E-state index in [2.05, 4.69) is 31.8 Å². The van der Waals surface area contributed by atoms with Crippen molar-refractivity contribution in [3.63, 3.8) is 0 Å². The molecular formula is C26H32FN7. The maximum Gasteiger partial charge on any atom is 0.129 e. The van der Waals surface area contributed by atoms with Gasteiger partial charge in [-0.25, -0.2) is 9.37 Å². The Hall–Kier alpha value is -3.39. The molecule has 3 aliphatic heterocycles. The Bertz CT molecular complexity index is 1110. The van der Waals surface area contributed by atoms with E-state index in [4.69, 9.17) is 10.4 Å². The number of hydrogen-bond donors (Lipinski definition) is 4. The summed E-state index contributed by atoms with van der Waals surface area (Å²) in [6.45, 7) is 6.69. The fourth-order valence-corrected chi connectivity index (χ4v) is 4.90. The number of halogens is 1. The minimum absolute atomic E-state index is 0.0377. The summed E-state index contributed by atoms with van der Waals surface area (Å²) in [6, 6.07) is 12.9. The second-order valence-electron chi connectivity index (χ2n) is 9.27. The van der Waals surface area contributed by atoms with Crippen LogP contribution in [0.5, 0.6) is 0 Å². The first-order valence-corrected chi connectivity index (χ1v) is 12.0. The average molecular weight is 462 g/mol. The van der Waals surface area contributed by atoms with E-state index in [1.165, 1.54) is 6.07 Å². The highest BCUT2D eigenvalue weighted by molar-refractivity contribution is 5.91. The Kier molecular flexibility index (Phi) is 6.24. The van der Waals surface area contributed by atoms with Crippen LogP contribution in [0.2, 0.25) is 0 Å². The lowest BCUT2D eigenvalue weighted by Gasteiger charge is -2.29. The highest BCUT2D eigenvalue weighted by Crippen LogP contribution is 2.32. The normalized spacial score (nSPS) is 24.8. The van der Waals surface area contributed by atoms with E-state index >= 15 is 0 Å². The molecule has 1 unspecified atom stereocenters. The largest absolute Gasteiger partial charge is 0.364 e. The average Bonchev–Trinajstić information content (AvgIpc) is 3.51. The number of piperazine rings is 1. The number of hydrogen-bond acceptors (Lipinski definition) is 6. The Balaban J connectivity index is 1.24. The zero-order valence-electron chi connectivity index (χ0n) is 19.5. The van der Waals surface area contributed by atoms with E-state index in [9.17, 15) is 4.39 Å². The molecule has 34 heavy (non-hydrogen) atoms. The van der Waals surface area contributed by atoms with Gasteiger partial charge in [0, 0.05) is 38.9 Å². The number of rotatable bonds is 5. The summed E-state index contributed by atoms with van der Waals surface area (Å²) in [6.07, 6.45) is 7.67. The number of nitrogens with zero attached hydrogens (tertiary/aromatic N) is 3. The topological polar surface area (TPSA) is 79.3 Å². The van der Waals surface area contributed by atoms with Crippen molar-refractivity contribution < 1.29 is 4.39 Å². The summed E-state index contributed by atoms with van der Waals surface area (Å²) in [7, 11) is 0. The molecule has 0 bridgehead atoms. The zero-order valence-corrected chi connectivity index (χ0v) is 19.5. The fourth-order valence-electron chi connectivity index (χ4n) is 4.90. The summed E-state index contributed by atoms with van der Waals surface area (Å²) < 4.78 is 13.7. The molecule has 7 nitrogen and oxygen atoms in total. The smallest absolute Gasteiger partial charge is 0.129 e. The van der Waals surface area contributed by atoms with Crippen molar-refractivity contribution in [1.29, 1.82) is 5.41 Å². The molecule has 178 valence electrons. The monoisotopic (exact) mass is 461 g/mol. The summed E-state index contributed by atoms with van der Waals surface area (Å²) in [5.74, 6) is 1.19. The molecule has 3 aliphatic rings. The standard InChI is InChI=1S/C26H32FN7/c1-26(11-10-24(28)34-14-4-8-23(34)19-5-2-6-20(27)17-19)30-18-22(32-26)21-7-3-9-25(31-21)33-15-12-29-13-16-33/h2-3,5-7,9-11,17-18,23,28-30,32H,4,8,12-16H2,1H3/b11-10-,28-24?/t23-,26?/m1/s1. The molecule has 1 aromatic carbocycles. The zero-order chi connectivity index (χ0) is 23.5. The van der Waals surface area contributed by atoms with E-state index in [0.717, 1.165) is 68.3 Å². The van der Waals surface area contributed by atoms with Gasteiger partial charge in [0.2, 0.25) is 0 Å². The van der Waals surface area contributed by atoms with Crippen molar-refractivity contribution in [2.45, 2.75) is 31.5 Å². The Morgan fingerprint density at radius 3 is 2.82 bits per heavy atom. The van der Waals surface area contributed by atoms with Gasteiger partial charge in [-0.1, -0.05) is 18.2 Å². The summed E-state index contributed by atoms with van der Waals surface area (Å²) >= 11 is 0. The Morgan fingerprint density at radius 1 is 1.18 bits per heavy atom. The number of pyridine rings is 1. The lowest BCUT2D eigenvalue weighted by Crippen LogP contribution is -2.45. The van der Waals surface area contributed by atoms with Gasteiger partial charge < -0.3 is 25.8 Å². The first-order valence-electron chi connectivity index (χ1n) is 12.0. The van der Waals surface area contributed by atoms with E-state index in [-0.39, 0.29) is 11.9 Å². The van der Waals surface area contributed by atoms with Gasteiger partial charge in [0.15, 0.2) is 0 Å². The summed E-state index contributed by atoms with van der Waals surface area (Å²) in [5, 5.41) is 19.0. The van der Waals surface area contributed by atoms with Crippen LogP contribution in [0.1, 0.15) is 37.1 Å². The summed E-state index contributed by atoms with van der Waals surface area (Å²) in [5.41, 5.74) is 2.22. The van der Waals surface area contributed by atoms with Crippen LogP contribution < -0.4 is 20.9 Å². The van der Waals surface area contributed by atoms with Crippen LogP contribution in [0.3, 0.4) is 0 Å². The molecule has 8 heteroatoms. The van der Waals surface area contributed by atoms with Crippen molar-refractivity contribution in [3.05, 3.63) is 77.9 Å². The first kappa shape index (κ1) is 22.4. The predicted molar refractivity (Wildman–Crippen MR) is 134 cm³/mol. The molecule has 2 atom stereocenters. The van der Waals surface area contributed by atoms with Crippen LogP contribution >= 0.6 is 0 Å². The quantitative estimate of drug-likeness (QED) is 0.405. The molecule has 1 aromatic heterocycles. The number of amidine groups is 1. The number of likely N-dealkylation sites (tertiary alicyclic amines) is 1. The number of benzene rings is 1. The summed E-state index contributed by atoms with van der Waals surface area (Å²) in [4.78, 5) is 9.23. The van der Waals surface area contributed by atoms with Gasteiger partial charge in [-0.05, 0) is 61.7 Å². The molecule has 0 saturated carbocycles. The van der Waals surface area contributed by atoms with Gasteiger partial charge in [-0.15, -0.1) is 0 Å². The Morgan fingerprint density at radius 2 is 2.00 bits per heavy atom. The third kappa shape index (κ3) is 4.77.